The third kappa shape index (κ3) is 4.37. The summed E-state index contributed by atoms with van der Waals surface area (Å²) in [6, 6.07) is 4.11. The molecule has 0 aliphatic carbocycles. The fourth-order valence-corrected chi connectivity index (χ4v) is 2.12. The van der Waals surface area contributed by atoms with Gasteiger partial charge in [0.15, 0.2) is 5.75 Å². The van der Waals surface area contributed by atoms with E-state index in [1.54, 1.807) is 20.9 Å². The van der Waals surface area contributed by atoms with Crippen molar-refractivity contribution in [3.63, 3.8) is 0 Å². The molecule has 1 aromatic carbocycles. The van der Waals surface area contributed by atoms with Crippen LogP contribution in [0.25, 0.3) is 0 Å². The van der Waals surface area contributed by atoms with Gasteiger partial charge in [-0.3, -0.25) is 10.1 Å². The van der Waals surface area contributed by atoms with Gasteiger partial charge in [-0.15, -0.1) is 0 Å². The number of nitro groups is 1. The molecule has 0 saturated carbocycles. The first-order valence-electron chi connectivity index (χ1n) is 6.12. The van der Waals surface area contributed by atoms with Crippen molar-refractivity contribution in [3.8, 4) is 11.8 Å². The lowest BCUT2D eigenvalue weighted by molar-refractivity contribution is -0.386. The van der Waals surface area contributed by atoms with E-state index in [2.05, 4.69) is 27.3 Å². The lowest BCUT2D eigenvalue weighted by Crippen LogP contribution is -2.41. The molecule has 0 radical (unpaired) electrons. The maximum absolute atomic E-state index is 13.5. The fraction of sp³-hybridized carbons (Fsp3) is 0.462. The van der Waals surface area contributed by atoms with E-state index in [1.807, 2.05) is 0 Å². The van der Waals surface area contributed by atoms with Crippen LogP contribution in [-0.4, -0.2) is 23.6 Å². The first-order valence-corrected chi connectivity index (χ1v) is 6.92. The highest BCUT2D eigenvalue weighted by Crippen LogP contribution is 2.33. The lowest BCUT2D eigenvalue weighted by Gasteiger charge is -2.25. The molecule has 6 nitrogen and oxygen atoms in total. The van der Waals surface area contributed by atoms with Gasteiger partial charge in [-0.1, -0.05) is 0 Å². The van der Waals surface area contributed by atoms with Crippen molar-refractivity contribution in [2.45, 2.75) is 31.9 Å². The Kier molecular flexibility index (Phi) is 5.63. The van der Waals surface area contributed by atoms with Crippen LogP contribution < -0.4 is 10.1 Å². The van der Waals surface area contributed by atoms with Gasteiger partial charge >= 0.3 is 5.69 Å². The Hall–Kier alpha value is -1.72. The van der Waals surface area contributed by atoms with Crippen molar-refractivity contribution in [3.05, 3.63) is 32.5 Å². The first-order chi connectivity index (χ1) is 9.72. The molecule has 21 heavy (non-hydrogen) atoms. The SMILES string of the molecule is CNC(C)(C#N)CC(C)Oc1cc(F)c(Br)cc1[N+](=O)[O-]. The van der Waals surface area contributed by atoms with Crippen LogP contribution in [-0.2, 0) is 0 Å². The fourth-order valence-electron chi connectivity index (χ4n) is 1.79. The Morgan fingerprint density at radius 2 is 2.29 bits per heavy atom. The Morgan fingerprint density at radius 1 is 1.67 bits per heavy atom. The average Bonchev–Trinajstić information content (AvgIpc) is 2.42. The number of nitrogens with zero attached hydrogens (tertiary/aromatic N) is 2. The predicted octanol–water partition coefficient (Wildman–Crippen LogP) is 3.16. The summed E-state index contributed by atoms with van der Waals surface area (Å²) in [6.45, 7) is 3.35. The van der Waals surface area contributed by atoms with Gasteiger partial charge in [0, 0.05) is 18.6 Å². The maximum Gasteiger partial charge on any atom is 0.312 e. The molecule has 114 valence electrons. The van der Waals surface area contributed by atoms with E-state index in [0.29, 0.717) is 0 Å². The molecule has 2 unspecified atom stereocenters. The molecule has 0 aromatic heterocycles. The Balaban J connectivity index is 3.00. The molecule has 0 amide bonds. The van der Waals surface area contributed by atoms with E-state index >= 15 is 0 Å². The van der Waals surface area contributed by atoms with Crippen LogP contribution in [0.4, 0.5) is 10.1 Å². The van der Waals surface area contributed by atoms with Crippen LogP contribution in [0.15, 0.2) is 16.6 Å². The van der Waals surface area contributed by atoms with Gasteiger partial charge in [-0.25, -0.2) is 4.39 Å². The quantitative estimate of drug-likeness (QED) is 0.622. The molecule has 0 aliphatic rings. The molecular weight excluding hydrogens is 345 g/mol. The van der Waals surface area contributed by atoms with Crippen LogP contribution >= 0.6 is 15.9 Å². The van der Waals surface area contributed by atoms with Gasteiger partial charge in [-0.2, -0.15) is 5.26 Å². The number of hydrogen-bond donors (Lipinski definition) is 1. The zero-order valence-corrected chi connectivity index (χ0v) is 13.4. The van der Waals surface area contributed by atoms with Gasteiger partial charge in [0.05, 0.1) is 21.6 Å². The molecule has 0 bridgehead atoms. The standard InChI is InChI=1S/C13H15BrFN3O3/c1-8(6-13(2,7-16)17-3)21-12-5-10(15)9(14)4-11(12)18(19)20/h4-5,8,17H,6H2,1-3H3. The summed E-state index contributed by atoms with van der Waals surface area (Å²) in [5.74, 6) is -0.816. The summed E-state index contributed by atoms with van der Waals surface area (Å²) in [5, 5.41) is 22.9. The van der Waals surface area contributed by atoms with Crippen molar-refractivity contribution >= 4 is 21.6 Å². The van der Waals surface area contributed by atoms with Crippen LogP contribution in [0.5, 0.6) is 5.75 Å². The van der Waals surface area contributed by atoms with Crippen molar-refractivity contribution in [1.29, 1.82) is 5.26 Å². The first kappa shape index (κ1) is 17.3. The van der Waals surface area contributed by atoms with Crippen LogP contribution in [0.2, 0.25) is 0 Å². The number of ether oxygens (including phenoxy) is 1. The van der Waals surface area contributed by atoms with Crippen molar-refractivity contribution < 1.29 is 14.1 Å². The molecule has 0 saturated heterocycles. The van der Waals surface area contributed by atoms with Gasteiger partial charge in [0.25, 0.3) is 0 Å². The number of hydrogen-bond acceptors (Lipinski definition) is 5. The number of nitro benzene ring substituents is 1. The summed E-state index contributed by atoms with van der Waals surface area (Å²) in [4.78, 5) is 10.3. The summed E-state index contributed by atoms with van der Waals surface area (Å²) < 4.78 is 19.0. The topological polar surface area (TPSA) is 88.2 Å². The zero-order chi connectivity index (χ0) is 16.2. The van der Waals surface area contributed by atoms with Crippen LogP contribution in [0, 0.1) is 27.3 Å². The Morgan fingerprint density at radius 3 is 2.76 bits per heavy atom. The third-order valence-corrected chi connectivity index (χ3v) is 3.63. The highest BCUT2D eigenvalue weighted by atomic mass is 79.9. The van der Waals surface area contributed by atoms with E-state index < -0.39 is 22.4 Å². The summed E-state index contributed by atoms with van der Waals surface area (Å²) in [6.07, 6.45) is -0.226. The monoisotopic (exact) mass is 359 g/mol. The maximum atomic E-state index is 13.5. The smallest absolute Gasteiger partial charge is 0.312 e. The minimum Gasteiger partial charge on any atom is -0.484 e. The molecule has 1 rings (SSSR count). The molecule has 1 aromatic rings. The number of rotatable bonds is 6. The normalized spacial score (nSPS) is 14.9. The molecule has 0 heterocycles. The van der Waals surface area contributed by atoms with Crippen molar-refractivity contribution in [1.82, 2.24) is 5.32 Å². The van der Waals surface area contributed by atoms with Gasteiger partial charge in [-0.05, 0) is 36.8 Å². The van der Waals surface area contributed by atoms with Crippen molar-refractivity contribution in [2.24, 2.45) is 0 Å². The second kappa shape index (κ2) is 6.83. The molecule has 0 fully saturated rings. The van der Waals surface area contributed by atoms with Gasteiger partial charge < -0.3 is 10.1 Å². The van der Waals surface area contributed by atoms with Gasteiger partial charge in [0.2, 0.25) is 0 Å². The second-order valence-electron chi connectivity index (χ2n) is 4.82. The van der Waals surface area contributed by atoms with Gasteiger partial charge in [0.1, 0.15) is 11.4 Å². The second-order valence-corrected chi connectivity index (χ2v) is 5.67. The summed E-state index contributed by atoms with van der Waals surface area (Å²) in [7, 11) is 1.64. The van der Waals surface area contributed by atoms with E-state index in [9.17, 15) is 14.5 Å². The molecule has 0 spiro atoms. The van der Waals surface area contributed by atoms with E-state index in [1.165, 1.54) is 0 Å². The Bertz CT molecular complexity index is 591. The number of nitrogens with one attached hydrogen (secondary N) is 1. The van der Waals surface area contributed by atoms with E-state index in [-0.39, 0.29) is 22.3 Å². The highest BCUT2D eigenvalue weighted by Gasteiger charge is 2.27. The number of benzene rings is 1. The zero-order valence-electron chi connectivity index (χ0n) is 11.8. The van der Waals surface area contributed by atoms with Crippen LogP contribution in [0.3, 0.4) is 0 Å². The number of nitriles is 1. The minimum absolute atomic E-state index is 0.00806. The summed E-state index contributed by atoms with van der Waals surface area (Å²) >= 11 is 2.90. The van der Waals surface area contributed by atoms with E-state index in [4.69, 9.17) is 10.00 Å². The predicted molar refractivity (Wildman–Crippen MR) is 78.5 cm³/mol. The van der Waals surface area contributed by atoms with Crippen molar-refractivity contribution in [2.75, 3.05) is 7.05 Å². The molecule has 2 atom stereocenters. The Labute approximate surface area is 130 Å². The van der Waals surface area contributed by atoms with Crippen LogP contribution in [0.1, 0.15) is 20.3 Å². The highest BCUT2D eigenvalue weighted by molar-refractivity contribution is 9.10. The van der Waals surface area contributed by atoms with E-state index in [0.717, 1.165) is 12.1 Å². The lowest BCUT2D eigenvalue weighted by atomic mass is 9.97. The molecular formula is C13H15BrFN3O3. The largest absolute Gasteiger partial charge is 0.484 e. The summed E-state index contributed by atoms with van der Waals surface area (Å²) in [5.41, 5.74) is -1.17. The third-order valence-electron chi connectivity index (χ3n) is 3.02. The number of halogens is 2. The molecule has 0 aliphatic heterocycles. The average molecular weight is 360 g/mol. The molecule has 8 heteroatoms. The molecule has 1 N–H and O–H groups in total. The minimum atomic E-state index is -0.831.